The summed E-state index contributed by atoms with van der Waals surface area (Å²) >= 11 is 1.55. The highest BCUT2D eigenvalue weighted by Gasteiger charge is 2.33. The van der Waals surface area contributed by atoms with E-state index < -0.39 is 0 Å². The fourth-order valence-electron chi connectivity index (χ4n) is 5.49. The Bertz CT molecular complexity index is 2070. The number of aromatic nitrogens is 3. The van der Waals surface area contributed by atoms with Gasteiger partial charge in [-0.3, -0.25) is 4.79 Å². The van der Waals surface area contributed by atoms with Gasteiger partial charge in [-0.2, -0.15) is 0 Å². The van der Waals surface area contributed by atoms with Gasteiger partial charge in [0, 0.05) is 41.3 Å². The molecular weight excluding hydrogens is 474 g/mol. The number of allylic oxidation sites excluding steroid dienone is 1. The number of para-hydroxylation sites is 2. The normalized spacial score (nSPS) is 12.8. The number of hydrogen-bond donors (Lipinski definition) is 0. The number of hydrogen-bond acceptors (Lipinski definition) is 1. The van der Waals surface area contributed by atoms with E-state index in [9.17, 15) is 4.79 Å². The number of nitrogens with zero attached hydrogens (tertiary/aromatic N) is 3. The van der Waals surface area contributed by atoms with Gasteiger partial charge in [-0.25, -0.2) is 4.57 Å². The minimum atomic E-state index is 0.0219. The van der Waals surface area contributed by atoms with E-state index in [4.69, 9.17) is 0 Å². The molecule has 0 bridgehead atoms. The first-order valence-corrected chi connectivity index (χ1v) is 13.1. The molecule has 1 aromatic heterocycles. The van der Waals surface area contributed by atoms with Crippen LogP contribution in [0.4, 0.5) is 0 Å². The van der Waals surface area contributed by atoms with Crippen molar-refractivity contribution >= 4 is 56.2 Å². The number of aryl methyl sites for hydroxylation is 2. The Morgan fingerprint density at radius 2 is 1.43 bits per heavy atom. The van der Waals surface area contributed by atoms with Gasteiger partial charge in [0.15, 0.2) is 0 Å². The highest BCUT2D eigenvalue weighted by Crippen LogP contribution is 2.34. The summed E-state index contributed by atoms with van der Waals surface area (Å²) in [5.41, 5.74) is 5.12. The Kier molecular flexibility index (Phi) is 4.88. The summed E-state index contributed by atoms with van der Waals surface area (Å²) < 4.78 is 6.30. The van der Waals surface area contributed by atoms with Gasteiger partial charge in [0.1, 0.15) is 5.69 Å². The quantitative estimate of drug-likeness (QED) is 0.252. The third kappa shape index (κ3) is 3.21. The molecule has 0 saturated heterocycles. The molecule has 5 heteroatoms. The second-order valence-corrected chi connectivity index (χ2v) is 10.3. The van der Waals surface area contributed by atoms with Crippen LogP contribution in [0.5, 0.6) is 0 Å². The van der Waals surface area contributed by atoms with Crippen LogP contribution in [-0.2, 0) is 14.1 Å². The molecule has 0 amide bonds. The molecule has 37 heavy (non-hydrogen) atoms. The van der Waals surface area contributed by atoms with Gasteiger partial charge in [-0.15, -0.1) is 0 Å². The molecule has 0 aliphatic carbocycles. The highest BCUT2D eigenvalue weighted by atomic mass is 32.1. The molecule has 3 heterocycles. The Morgan fingerprint density at radius 3 is 2.24 bits per heavy atom. The van der Waals surface area contributed by atoms with E-state index in [1.807, 2.05) is 53.1 Å². The minimum absolute atomic E-state index is 0.0219. The lowest BCUT2D eigenvalue weighted by atomic mass is 10.1. The highest BCUT2D eigenvalue weighted by molar-refractivity contribution is 7.18. The number of rotatable bonds is 3. The van der Waals surface area contributed by atoms with Crippen LogP contribution in [0.1, 0.15) is 5.69 Å². The first kappa shape index (κ1) is 21.8. The summed E-state index contributed by atoms with van der Waals surface area (Å²) in [5.74, 6) is 0. The third-order valence-electron chi connectivity index (χ3n) is 7.29. The summed E-state index contributed by atoms with van der Waals surface area (Å²) in [6.07, 6.45) is 6.40. The van der Waals surface area contributed by atoms with Crippen LogP contribution >= 0.6 is 11.3 Å². The molecule has 2 aliphatic rings. The van der Waals surface area contributed by atoms with Crippen LogP contribution in [0, 0.1) is 0 Å². The predicted octanol–water partition coefficient (Wildman–Crippen LogP) is 6.63. The van der Waals surface area contributed by atoms with E-state index in [-0.39, 0.29) is 5.56 Å². The molecule has 0 radical (unpaired) electrons. The zero-order valence-corrected chi connectivity index (χ0v) is 21.4. The largest absolute Gasteiger partial charge is 0.344 e. The predicted molar refractivity (Wildman–Crippen MR) is 157 cm³/mol. The second kappa shape index (κ2) is 8.29. The lowest BCUT2D eigenvalue weighted by molar-refractivity contribution is 0.900. The topological polar surface area (TPSA) is 31.9 Å². The Balaban J connectivity index is 1.48. The molecule has 0 fully saturated rings. The van der Waals surface area contributed by atoms with Crippen molar-refractivity contribution in [3.63, 3.8) is 0 Å². The first-order valence-electron chi connectivity index (χ1n) is 12.3. The SMILES string of the molecule is Cn1c(/C=C/C=c2/c3cccc4cccc(c43)n2C)c2[s+]c(-c3ccccc3)c(=O)n-2c2ccccc21. The maximum atomic E-state index is 13.7. The molecule has 0 spiro atoms. The lowest BCUT2D eigenvalue weighted by Crippen LogP contribution is -2.18. The maximum absolute atomic E-state index is 13.7. The van der Waals surface area contributed by atoms with Crippen LogP contribution in [0.3, 0.4) is 0 Å². The molecular formula is C32H24N3OS+. The maximum Gasteiger partial charge on any atom is 0.336 e. The lowest BCUT2D eigenvalue weighted by Gasteiger charge is -2.12. The van der Waals surface area contributed by atoms with Crippen LogP contribution in [0.2, 0.25) is 0 Å². The molecule has 0 unspecified atom stereocenters. The van der Waals surface area contributed by atoms with Gasteiger partial charge < -0.3 is 9.13 Å². The van der Waals surface area contributed by atoms with Crippen LogP contribution < -0.4 is 10.9 Å². The van der Waals surface area contributed by atoms with E-state index in [0.29, 0.717) is 0 Å². The van der Waals surface area contributed by atoms with Crippen molar-refractivity contribution in [1.82, 2.24) is 13.7 Å². The summed E-state index contributed by atoms with van der Waals surface area (Å²) in [6, 6.07) is 31.0. The van der Waals surface area contributed by atoms with E-state index in [1.54, 1.807) is 11.3 Å². The van der Waals surface area contributed by atoms with Gasteiger partial charge in [-0.05, 0) is 47.9 Å². The zero-order valence-electron chi connectivity index (χ0n) is 20.6. The van der Waals surface area contributed by atoms with Crippen molar-refractivity contribution in [2.45, 2.75) is 0 Å². The van der Waals surface area contributed by atoms with Crippen LogP contribution in [0.25, 0.3) is 60.3 Å². The number of thiazole rings is 1. The molecule has 7 rings (SSSR count). The van der Waals surface area contributed by atoms with Crippen molar-refractivity contribution in [2.24, 2.45) is 14.1 Å². The average molecular weight is 499 g/mol. The van der Waals surface area contributed by atoms with Gasteiger partial charge in [0.2, 0.25) is 0 Å². The van der Waals surface area contributed by atoms with Crippen molar-refractivity contribution in [3.8, 4) is 15.4 Å². The van der Waals surface area contributed by atoms with Crippen LogP contribution in [0.15, 0.2) is 102 Å². The number of fused-ring (bicyclic) bond motifs is 3. The standard InChI is InChI=1S/C32H24N3OS/c1-33-24(23-15-8-13-21-14-9-19-27(33)29(21)23)18-10-20-28-32-35(26-17-7-6-16-25(26)34(28)2)31(36)30(37-32)22-11-4-3-5-12-22/h3-20H,1-2H3/q+1/b20-10+,24-18-. The molecule has 4 nitrogen and oxygen atoms in total. The molecule has 5 aromatic rings. The van der Waals surface area contributed by atoms with E-state index >= 15 is 0 Å². The van der Waals surface area contributed by atoms with E-state index in [2.05, 4.69) is 83.9 Å². The smallest absolute Gasteiger partial charge is 0.336 e. The number of benzene rings is 4. The molecule has 0 N–H and O–H groups in total. The zero-order chi connectivity index (χ0) is 25.1. The van der Waals surface area contributed by atoms with Crippen LogP contribution in [-0.4, -0.2) is 13.7 Å². The van der Waals surface area contributed by atoms with Crippen molar-refractivity contribution in [1.29, 1.82) is 0 Å². The Labute approximate surface area is 217 Å². The summed E-state index contributed by atoms with van der Waals surface area (Å²) in [5, 5.41) is 5.89. The molecule has 0 atom stereocenters. The monoisotopic (exact) mass is 498 g/mol. The Morgan fingerprint density at radius 1 is 0.730 bits per heavy atom. The van der Waals surface area contributed by atoms with E-state index in [0.717, 1.165) is 37.5 Å². The van der Waals surface area contributed by atoms with E-state index in [1.165, 1.54) is 21.7 Å². The first-order chi connectivity index (χ1) is 18.1. The van der Waals surface area contributed by atoms with Gasteiger partial charge in [-0.1, -0.05) is 66.7 Å². The van der Waals surface area contributed by atoms with Gasteiger partial charge in [0.05, 0.1) is 11.0 Å². The van der Waals surface area contributed by atoms with Gasteiger partial charge in [0.25, 0.3) is 11.3 Å². The van der Waals surface area contributed by atoms with Gasteiger partial charge >= 0.3 is 15.4 Å². The second-order valence-electron chi connectivity index (χ2n) is 9.33. The van der Waals surface area contributed by atoms with Crippen molar-refractivity contribution < 1.29 is 0 Å². The summed E-state index contributed by atoms with van der Waals surface area (Å²) in [4.78, 5) is 14.4. The minimum Gasteiger partial charge on any atom is -0.344 e. The molecule has 178 valence electrons. The molecule has 0 saturated carbocycles. The average Bonchev–Trinajstić information content (AvgIpc) is 3.42. The molecule has 2 aliphatic heterocycles. The Hall–Kier alpha value is -4.48. The van der Waals surface area contributed by atoms with Crippen molar-refractivity contribution in [2.75, 3.05) is 0 Å². The fourth-order valence-corrected chi connectivity index (χ4v) is 6.70. The fraction of sp³-hybridized carbons (Fsp3) is 0.0625. The third-order valence-corrected chi connectivity index (χ3v) is 8.49. The summed E-state index contributed by atoms with van der Waals surface area (Å²) in [7, 11) is 4.19. The van der Waals surface area contributed by atoms with Crippen molar-refractivity contribution in [3.05, 3.63) is 118 Å². The molecule has 4 aromatic carbocycles. The summed E-state index contributed by atoms with van der Waals surface area (Å²) in [6.45, 7) is 0.